The molecule has 0 saturated carbocycles. The maximum atomic E-state index is 12.2. The normalized spacial score (nSPS) is 15.8. The zero-order chi connectivity index (χ0) is 16.3. The fourth-order valence-electron chi connectivity index (χ4n) is 2.54. The molecule has 0 aliphatic heterocycles. The third kappa shape index (κ3) is 7.28. The second kappa shape index (κ2) is 11.0. The second-order valence-corrected chi connectivity index (χ2v) is 5.97. The largest absolute Gasteiger partial charge is 0.465 e. The Morgan fingerprint density at radius 2 is 1.95 bits per heavy atom. The van der Waals surface area contributed by atoms with Crippen LogP contribution in [0.4, 0.5) is 0 Å². The lowest BCUT2D eigenvalue weighted by atomic mass is 9.95. The Balaban J connectivity index is 4.50. The summed E-state index contributed by atoms with van der Waals surface area (Å²) < 4.78 is 5.24. The summed E-state index contributed by atoms with van der Waals surface area (Å²) in [6.07, 6.45) is 4.00. The monoisotopic (exact) mass is 300 g/mol. The van der Waals surface area contributed by atoms with Gasteiger partial charge in [0.05, 0.1) is 6.61 Å². The summed E-state index contributed by atoms with van der Waals surface area (Å²) in [5.74, 6) is -0.120. The summed E-state index contributed by atoms with van der Waals surface area (Å²) in [5, 5.41) is 3.37. The minimum absolute atomic E-state index is 0.120. The number of carbonyl (C=O) groups is 1. The van der Waals surface area contributed by atoms with E-state index in [4.69, 9.17) is 4.74 Å². The molecule has 4 nitrogen and oxygen atoms in total. The first-order chi connectivity index (χ1) is 9.95. The lowest BCUT2D eigenvalue weighted by molar-refractivity contribution is -0.150. The lowest BCUT2D eigenvalue weighted by Gasteiger charge is -2.31. The molecule has 2 unspecified atom stereocenters. The highest BCUT2D eigenvalue weighted by Gasteiger charge is 2.33. The van der Waals surface area contributed by atoms with Crippen LogP contribution in [-0.2, 0) is 9.53 Å². The average molecular weight is 300 g/mol. The Kier molecular flexibility index (Phi) is 10.7. The highest BCUT2D eigenvalue weighted by atomic mass is 16.5. The Morgan fingerprint density at radius 3 is 2.43 bits per heavy atom. The molecule has 0 amide bonds. The van der Waals surface area contributed by atoms with Crippen molar-refractivity contribution in [1.82, 2.24) is 10.2 Å². The van der Waals surface area contributed by atoms with E-state index in [-0.39, 0.29) is 5.97 Å². The van der Waals surface area contributed by atoms with Crippen molar-refractivity contribution >= 4 is 5.97 Å². The maximum absolute atomic E-state index is 12.2. The summed E-state index contributed by atoms with van der Waals surface area (Å²) in [5.41, 5.74) is -0.555. The number of esters is 1. The number of rotatable bonds is 12. The van der Waals surface area contributed by atoms with Crippen LogP contribution in [0.3, 0.4) is 0 Å². The highest BCUT2D eigenvalue weighted by molar-refractivity contribution is 5.80. The van der Waals surface area contributed by atoms with Crippen molar-refractivity contribution in [2.24, 2.45) is 0 Å². The van der Waals surface area contributed by atoms with Crippen molar-refractivity contribution < 1.29 is 9.53 Å². The SMILES string of the molecule is CCCNC(C)(CCCN(CC)C(C)CC)C(=O)OCC. The molecule has 0 heterocycles. The van der Waals surface area contributed by atoms with Gasteiger partial charge in [0.15, 0.2) is 0 Å². The summed E-state index contributed by atoms with van der Waals surface area (Å²) >= 11 is 0. The van der Waals surface area contributed by atoms with Crippen LogP contribution in [0, 0.1) is 0 Å². The van der Waals surface area contributed by atoms with Crippen molar-refractivity contribution in [2.45, 2.75) is 78.8 Å². The van der Waals surface area contributed by atoms with Crippen molar-refractivity contribution in [3.05, 3.63) is 0 Å². The van der Waals surface area contributed by atoms with Crippen LogP contribution in [-0.4, -0.2) is 48.7 Å². The third-order valence-electron chi connectivity index (χ3n) is 4.23. The van der Waals surface area contributed by atoms with Gasteiger partial charge >= 0.3 is 5.97 Å². The summed E-state index contributed by atoms with van der Waals surface area (Å²) in [6.45, 7) is 16.0. The Morgan fingerprint density at radius 1 is 1.29 bits per heavy atom. The molecule has 0 aromatic heterocycles. The first kappa shape index (κ1) is 20.4. The molecule has 0 aromatic carbocycles. The molecule has 21 heavy (non-hydrogen) atoms. The number of hydrogen-bond donors (Lipinski definition) is 1. The number of hydrogen-bond acceptors (Lipinski definition) is 4. The second-order valence-electron chi connectivity index (χ2n) is 5.97. The molecule has 0 aliphatic rings. The molecule has 0 aliphatic carbocycles. The van der Waals surface area contributed by atoms with Gasteiger partial charge in [0, 0.05) is 6.04 Å². The molecule has 0 spiro atoms. The fraction of sp³-hybridized carbons (Fsp3) is 0.941. The predicted octanol–water partition coefficient (Wildman–Crippen LogP) is 3.21. The molecule has 1 N–H and O–H groups in total. The van der Waals surface area contributed by atoms with Gasteiger partial charge in [-0.3, -0.25) is 4.79 Å². The van der Waals surface area contributed by atoms with E-state index < -0.39 is 5.54 Å². The van der Waals surface area contributed by atoms with Crippen LogP contribution < -0.4 is 5.32 Å². The lowest BCUT2D eigenvalue weighted by Crippen LogP contribution is -2.51. The molecule has 0 aromatic rings. The number of nitrogens with zero attached hydrogens (tertiary/aromatic N) is 1. The van der Waals surface area contributed by atoms with Gasteiger partial charge < -0.3 is 15.0 Å². The van der Waals surface area contributed by atoms with Crippen molar-refractivity contribution in [3.8, 4) is 0 Å². The average Bonchev–Trinajstić information content (AvgIpc) is 2.49. The van der Waals surface area contributed by atoms with Crippen molar-refractivity contribution in [3.63, 3.8) is 0 Å². The summed E-state index contributed by atoms with van der Waals surface area (Å²) in [4.78, 5) is 14.7. The molecule has 2 atom stereocenters. The van der Waals surface area contributed by atoms with E-state index >= 15 is 0 Å². The number of nitrogens with one attached hydrogen (secondary N) is 1. The minimum atomic E-state index is -0.555. The molecule has 0 radical (unpaired) electrons. The maximum Gasteiger partial charge on any atom is 0.326 e. The quantitative estimate of drug-likeness (QED) is 0.562. The summed E-state index contributed by atoms with van der Waals surface area (Å²) in [7, 11) is 0. The van der Waals surface area contributed by atoms with Gasteiger partial charge in [0.2, 0.25) is 0 Å². The van der Waals surface area contributed by atoms with Gasteiger partial charge in [-0.15, -0.1) is 0 Å². The first-order valence-electron chi connectivity index (χ1n) is 8.61. The zero-order valence-corrected chi connectivity index (χ0v) is 15.0. The Labute approximate surface area is 131 Å². The van der Waals surface area contributed by atoms with Crippen molar-refractivity contribution in [2.75, 3.05) is 26.2 Å². The molecule has 126 valence electrons. The van der Waals surface area contributed by atoms with Gasteiger partial charge in [-0.25, -0.2) is 0 Å². The topological polar surface area (TPSA) is 41.6 Å². The van der Waals surface area contributed by atoms with Crippen molar-refractivity contribution in [1.29, 1.82) is 0 Å². The van der Waals surface area contributed by atoms with E-state index in [1.54, 1.807) is 0 Å². The van der Waals surface area contributed by atoms with E-state index in [0.717, 1.165) is 45.3 Å². The van der Waals surface area contributed by atoms with Crippen LogP contribution in [0.2, 0.25) is 0 Å². The predicted molar refractivity (Wildman–Crippen MR) is 89.6 cm³/mol. The van der Waals surface area contributed by atoms with E-state index in [1.807, 2.05) is 13.8 Å². The first-order valence-corrected chi connectivity index (χ1v) is 8.61. The zero-order valence-electron chi connectivity index (χ0n) is 15.0. The molecule has 0 bridgehead atoms. The smallest absolute Gasteiger partial charge is 0.326 e. The fourth-order valence-corrected chi connectivity index (χ4v) is 2.54. The van der Waals surface area contributed by atoms with Gasteiger partial charge in [-0.1, -0.05) is 20.8 Å². The van der Waals surface area contributed by atoms with Crippen LogP contribution in [0.5, 0.6) is 0 Å². The molecule has 0 saturated heterocycles. The van der Waals surface area contributed by atoms with E-state index in [0.29, 0.717) is 12.6 Å². The molecule has 0 fully saturated rings. The van der Waals surface area contributed by atoms with Gasteiger partial charge in [0.1, 0.15) is 5.54 Å². The summed E-state index contributed by atoms with van der Waals surface area (Å²) in [6, 6.07) is 0.604. The Hall–Kier alpha value is -0.610. The van der Waals surface area contributed by atoms with Crippen LogP contribution in [0.15, 0.2) is 0 Å². The van der Waals surface area contributed by atoms with E-state index in [1.165, 1.54) is 0 Å². The minimum Gasteiger partial charge on any atom is -0.465 e. The molecular formula is C17H36N2O2. The standard InChI is InChI=1S/C17H36N2O2/c1-7-13-18-17(6,16(20)21-10-4)12-11-14-19(9-3)15(5)8-2/h15,18H,7-14H2,1-6H3. The van der Waals surface area contributed by atoms with Crippen LogP contribution in [0.25, 0.3) is 0 Å². The molecule has 4 heteroatoms. The van der Waals surface area contributed by atoms with Crippen LogP contribution in [0.1, 0.15) is 67.2 Å². The molecular weight excluding hydrogens is 264 g/mol. The van der Waals surface area contributed by atoms with Crippen LogP contribution >= 0.6 is 0 Å². The van der Waals surface area contributed by atoms with Gasteiger partial charge in [-0.2, -0.15) is 0 Å². The number of carbonyl (C=O) groups excluding carboxylic acids is 1. The van der Waals surface area contributed by atoms with Gasteiger partial charge in [-0.05, 0) is 66.1 Å². The van der Waals surface area contributed by atoms with Gasteiger partial charge in [0.25, 0.3) is 0 Å². The molecule has 0 rings (SSSR count). The van der Waals surface area contributed by atoms with E-state index in [2.05, 4.69) is 37.9 Å². The number of ether oxygens (including phenoxy) is 1. The Bertz CT molecular complexity index is 284. The third-order valence-corrected chi connectivity index (χ3v) is 4.23. The highest BCUT2D eigenvalue weighted by Crippen LogP contribution is 2.16. The van der Waals surface area contributed by atoms with E-state index in [9.17, 15) is 4.79 Å².